The summed E-state index contributed by atoms with van der Waals surface area (Å²) in [5.41, 5.74) is 2.10. The van der Waals surface area contributed by atoms with E-state index in [1.165, 1.54) is 4.90 Å². The molecule has 0 unspecified atom stereocenters. The molecule has 0 aliphatic carbocycles. The number of nitrogens with one attached hydrogen (secondary N) is 1. The number of rotatable bonds is 7. The second kappa shape index (κ2) is 11.4. The Morgan fingerprint density at radius 2 is 1.82 bits per heavy atom. The minimum absolute atomic E-state index is 0.0929. The first-order valence-electron chi connectivity index (χ1n) is 13.6. The van der Waals surface area contributed by atoms with Crippen LogP contribution < -0.4 is 10.2 Å². The van der Waals surface area contributed by atoms with Gasteiger partial charge >= 0.3 is 0 Å². The minimum atomic E-state index is -1.42. The predicted octanol–water partition coefficient (Wildman–Crippen LogP) is 2.16. The van der Waals surface area contributed by atoms with Crippen LogP contribution in [0.1, 0.15) is 30.6 Å². The van der Waals surface area contributed by atoms with Crippen molar-refractivity contribution in [3.8, 4) is 11.3 Å². The number of pyridine rings is 1. The monoisotopic (exact) mass is 537 g/mol. The highest BCUT2D eigenvalue weighted by atomic mass is 19.1. The third-order valence-electron chi connectivity index (χ3n) is 7.72. The zero-order chi connectivity index (χ0) is 27.7. The van der Waals surface area contributed by atoms with Crippen molar-refractivity contribution in [3.05, 3.63) is 48.0 Å². The summed E-state index contributed by atoms with van der Waals surface area (Å²) < 4.78 is 19.7. The standard InChI is InChI=1S/C29H36FN5O4/c1-18(2)15-23(29(38)35-16-21(30)27-26(35)24(36)17-39-27)32-28(37)20-9-7-19(8-10-20)22-5-4-6-25(31-22)34-13-11-33(3)12-14-34/h4-10,18,21,23,26-27H,11-17H2,1-3H3,(H,32,37)/t21-,23-,26+,27+/m0/s1. The summed E-state index contributed by atoms with van der Waals surface area (Å²) in [6, 6.07) is 11.3. The lowest BCUT2D eigenvalue weighted by atomic mass is 10.0. The second-order valence-electron chi connectivity index (χ2n) is 11.1. The number of Topliss-reactive ketones (excluding diaryl/α,β-unsaturated/α-hetero) is 1. The number of piperazine rings is 1. The maximum atomic E-state index is 14.5. The molecule has 3 fully saturated rings. The molecule has 2 amide bonds. The maximum absolute atomic E-state index is 14.5. The van der Waals surface area contributed by atoms with Crippen LogP contribution >= 0.6 is 0 Å². The molecule has 4 atom stereocenters. The molecule has 0 radical (unpaired) electrons. The number of fused-ring (bicyclic) bond motifs is 1. The quantitative estimate of drug-likeness (QED) is 0.579. The van der Waals surface area contributed by atoms with E-state index < -0.39 is 36.2 Å². The first-order valence-corrected chi connectivity index (χ1v) is 13.6. The Morgan fingerprint density at radius 3 is 2.51 bits per heavy atom. The molecule has 208 valence electrons. The number of hydrogen-bond acceptors (Lipinski definition) is 7. The molecule has 5 rings (SSSR count). The van der Waals surface area contributed by atoms with E-state index in [-0.39, 0.29) is 24.9 Å². The van der Waals surface area contributed by atoms with Crippen molar-refractivity contribution in [2.24, 2.45) is 5.92 Å². The van der Waals surface area contributed by atoms with Crippen LogP contribution in [0.15, 0.2) is 42.5 Å². The molecular formula is C29H36FN5O4. The van der Waals surface area contributed by atoms with E-state index in [0.717, 1.165) is 43.3 Å². The first-order chi connectivity index (χ1) is 18.7. The number of alkyl halides is 1. The van der Waals surface area contributed by atoms with Crippen LogP contribution in [-0.4, -0.2) is 103 Å². The molecule has 10 heteroatoms. The number of anilines is 1. The molecule has 1 aromatic heterocycles. The van der Waals surface area contributed by atoms with Gasteiger partial charge in [-0.3, -0.25) is 14.4 Å². The minimum Gasteiger partial charge on any atom is -0.365 e. The molecule has 0 saturated carbocycles. The van der Waals surface area contributed by atoms with Crippen molar-refractivity contribution >= 4 is 23.4 Å². The topological polar surface area (TPSA) is 95.1 Å². The molecule has 1 aromatic carbocycles. The highest BCUT2D eigenvalue weighted by Crippen LogP contribution is 2.30. The Kier molecular flexibility index (Phi) is 7.95. The van der Waals surface area contributed by atoms with Crippen molar-refractivity contribution in [1.29, 1.82) is 0 Å². The zero-order valence-electron chi connectivity index (χ0n) is 22.7. The molecule has 2 aromatic rings. The average molecular weight is 538 g/mol. The number of amides is 2. The number of ether oxygens (including phenoxy) is 1. The Bertz CT molecular complexity index is 1210. The first kappa shape index (κ1) is 27.2. The van der Waals surface area contributed by atoms with Crippen LogP contribution in [0.3, 0.4) is 0 Å². The molecule has 0 bridgehead atoms. The number of carbonyl (C=O) groups is 3. The molecular weight excluding hydrogens is 501 g/mol. The fourth-order valence-electron chi connectivity index (χ4n) is 5.55. The van der Waals surface area contributed by atoms with Gasteiger partial charge < -0.3 is 24.8 Å². The normalized spacial score (nSPS) is 24.2. The van der Waals surface area contributed by atoms with Crippen LogP contribution in [0.2, 0.25) is 0 Å². The Hall–Kier alpha value is -3.37. The van der Waals surface area contributed by atoms with E-state index in [9.17, 15) is 18.8 Å². The van der Waals surface area contributed by atoms with Gasteiger partial charge in [0, 0.05) is 37.3 Å². The van der Waals surface area contributed by atoms with Crippen LogP contribution in [0, 0.1) is 5.92 Å². The number of benzene rings is 1. The summed E-state index contributed by atoms with van der Waals surface area (Å²) in [6.45, 7) is 7.32. The van der Waals surface area contributed by atoms with Crippen molar-refractivity contribution in [3.63, 3.8) is 0 Å². The molecule has 3 aliphatic rings. The Labute approximate surface area is 228 Å². The summed E-state index contributed by atoms with van der Waals surface area (Å²) in [7, 11) is 2.12. The van der Waals surface area contributed by atoms with Crippen LogP contribution in [0.4, 0.5) is 10.2 Å². The van der Waals surface area contributed by atoms with Gasteiger partial charge in [-0.1, -0.05) is 32.0 Å². The number of likely N-dealkylation sites (N-methyl/N-ethyl adjacent to an activating group) is 1. The lowest BCUT2D eigenvalue weighted by molar-refractivity contribution is -0.138. The maximum Gasteiger partial charge on any atom is 0.251 e. The summed E-state index contributed by atoms with van der Waals surface area (Å²) >= 11 is 0. The largest absolute Gasteiger partial charge is 0.365 e. The van der Waals surface area contributed by atoms with Gasteiger partial charge in [0.1, 0.15) is 36.8 Å². The molecule has 4 heterocycles. The highest BCUT2D eigenvalue weighted by Gasteiger charge is 2.53. The van der Waals surface area contributed by atoms with Crippen molar-refractivity contribution in [1.82, 2.24) is 20.1 Å². The molecule has 0 spiro atoms. The third-order valence-corrected chi connectivity index (χ3v) is 7.72. The van der Waals surface area contributed by atoms with Gasteiger partial charge in [0.2, 0.25) is 5.91 Å². The third kappa shape index (κ3) is 5.81. The second-order valence-corrected chi connectivity index (χ2v) is 11.1. The molecule has 1 N–H and O–H groups in total. The van der Waals surface area contributed by atoms with Crippen molar-refractivity contribution in [2.45, 2.75) is 44.6 Å². The number of aromatic nitrogens is 1. The summed E-state index contributed by atoms with van der Waals surface area (Å²) in [4.78, 5) is 49.6. The Balaban J connectivity index is 1.28. The number of nitrogens with zero attached hydrogens (tertiary/aromatic N) is 4. The Morgan fingerprint density at radius 1 is 1.10 bits per heavy atom. The summed E-state index contributed by atoms with van der Waals surface area (Å²) in [5.74, 6) is -0.128. The van der Waals surface area contributed by atoms with E-state index in [4.69, 9.17) is 9.72 Å². The molecule has 3 aliphatic heterocycles. The smallest absolute Gasteiger partial charge is 0.251 e. The number of ketones is 1. The van der Waals surface area contributed by atoms with Crippen LogP contribution in [0.25, 0.3) is 11.3 Å². The van der Waals surface area contributed by atoms with Gasteiger partial charge in [0.25, 0.3) is 5.91 Å². The number of likely N-dealkylation sites (tertiary alicyclic amines) is 1. The van der Waals surface area contributed by atoms with E-state index in [1.54, 1.807) is 12.1 Å². The van der Waals surface area contributed by atoms with Gasteiger partial charge in [-0.15, -0.1) is 0 Å². The highest BCUT2D eigenvalue weighted by molar-refractivity contribution is 5.99. The SMILES string of the molecule is CC(C)C[C@H](NC(=O)c1ccc(-c2cccc(N3CCN(C)CC3)n2)cc1)C(=O)N1C[C@H](F)[C@H]2OCC(=O)[C@H]21. The molecule has 9 nitrogen and oxygen atoms in total. The van der Waals surface area contributed by atoms with E-state index in [2.05, 4.69) is 22.2 Å². The fraction of sp³-hybridized carbons (Fsp3) is 0.517. The van der Waals surface area contributed by atoms with Crippen LogP contribution in [0.5, 0.6) is 0 Å². The number of carbonyl (C=O) groups excluding carboxylic acids is 3. The van der Waals surface area contributed by atoms with Gasteiger partial charge in [-0.25, -0.2) is 9.37 Å². The predicted molar refractivity (Wildman–Crippen MR) is 145 cm³/mol. The zero-order valence-corrected chi connectivity index (χ0v) is 22.7. The van der Waals surface area contributed by atoms with Crippen LogP contribution in [-0.2, 0) is 14.3 Å². The van der Waals surface area contributed by atoms with E-state index in [0.29, 0.717) is 12.0 Å². The lowest BCUT2D eigenvalue weighted by Crippen LogP contribution is -2.52. The van der Waals surface area contributed by atoms with Gasteiger partial charge in [0.05, 0.1) is 12.2 Å². The van der Waals surface area contributed by atoms with Crippen molar-refractivity contribution < 1.29 is 23.5 Å². The average Bonchev–Trinajstić information content (AvgIpc) is 3.48. The summed E-state index contributed by atoms with van der Waals surface area (Å²) in [5, 5.41) is 2.83. The van der Waals surface area contributed by atoms with Gasteiger partial charge in [-0.05, 0) is 43.7 Å². The molecule has 3 saturated heterocycles. The number of hydrogen-bond donors (Lipinski definition) is 1. The van der Waals surface area contributed by atoms with Gasteiger partial charge in [-0.2, -0.15) is 0 Å². The summed E-state index contributed by atoms with van der Waals surface area (Å²) in [6.07, 6.45) is -1.98. The molecule has 39 heavy (non-hydrogen) atoms. The fourth-order valence-corrected chi connectivity index (χ4v) is 5.55. The van der Waals surface area contributed by atoms with Crippen molar-refractivity contribution in [2.75, 3.05) is 51.3 Å². The van der Waals surface area contributed by atoms with E-state index >= 15 is 0 Å². The number of halogens is 1. The van der Waals surface area contributed by atoms with E-state index in [1.807, 2.05) is 44.2 Å². The van der Waals surface area contributed by atoms with Gasteiger partial charge in [0.15, 0.2) is 5.78 Å². The lowest BCUT2D eigenvalue weighted by Gasteiger charge is -2.33.